The number of aliphatic carboxylic acids is 1. The van der Waals surface area contributed by atoms with E-state index in [1.807, 2.05) is 0 Å². The molecular formula is C12H24N2O2. The van der Waals surface area contributed by atoms with E-state index in [4.69, 9.17) is 0 Å². The first-order chi connectivity index (χ1) is 7.64. The molecule has 16 heavy (non-hydrogen) atoms. The summed E-state index contributed by atoms with van der Waals surface area (Å²) in [6, 6.07) is 0. The van der Waals surface area contributed by atoms with Gasteiger partial charge in [-0.25, -0.2) is 0 Å². The number of rotatable bonds is 6. The highest BCUT2D eigenvalue weighted by atomic mass is 16.4. The van der Waals surface area contributed by atoms with Crippen molar-refractivity contribution in [3.63, 3.8) is 0 Å². The molecule has 0 aromatic heterocycles. The lowest BCUT2D eigenvalue weighted by Crippen LogP contribution is -2.57. The Morgan fingerprint density at radius 2 is 2.00 bits per heavy atom. The molecule has 0 bridgehead atoms. The van der Waals surface area contributed by atoms with Crippen molar-refractivity contribution in [3.8, 4) is 0 Å². The van der Waals surface area contributed by atoms with Gasteiger partial charge >= 0.3 is 5.97 Å². The summed E-state index contributed by atoms with van der Waals surface area (Å²) < 4.78 is 0. The molecular weight excluding hydrogens is 204 g/mol. The van der Waals surface area contributed by atoms with Crippen LogP contribution in [0.1, 0.15) is 39.0 Å². The number of unbranched alkanes of at least 4 members (excludes halogenated alkanes) is 2. The first-order valence-corrected chi connectivity index (χ1v) is 6.29. The van der Waals surface area contributed by atoms with Crippen molar-refractivity contribution in [3.05, 3.63) is 0 Å². The average molecular weight is 228 g/mol. The molecule has 2 N–H and O–H groups in total. The maximum absolute atomic E-state index is 11.2. The van der Waals surface area contributed by atoms with E-state index in [-0.39, 0.29) is 0 Å². The summed E-state index contributed by atoms with van der Waals surface area (Å²) in [5, 5.41) is 12.2. The quantitative estimate of drug-likeness (QED) is 0.673. The van der Waals surface area contributed by atoms with Crippen LogP contribution in [0.25, 0.3) is 0 Å². The number of nitrogens with zero attached hydrogens (tertiary/aromatic N) is 1. The number of carboxylic acid groups (broad SMARTS) is 1. The normalized spacial score (nSPS) is 20.9. The fourth-order valence-corrected chi connectivity index (χ4v) is 2.31. The minimum Gasteiger partial charge on any atom is -0.480 e. The van der Waals surface area contributed by atoms with Gasteiger partial charge in [-0.05, 0) is 32.9 Å². The second-order valence-corrected chi connectivity index (χ2v) is 4.69. The van der Waals surface area contributed by atoms with Crippen molar-refractivity contribution >= 4 is 5.97 Å². The Balaban J connectivity index is 2.35. The van der Waals surface area contributed by atoms with E-state index in [2.05, 4.69) is 17.1 Å². The zero-order valence-corrected chi connectivity index (χ0v) is 10.5. The summed E-state index contributed by atoms with van der Waals surface area (Å²) in [7, 11) is 1.75. The molecule has 4 heteroatoms. The maximum atomic E-state index is 11.2. The summed E-state index contributed by atoms with van der Waals surface area (Å²) in [6.45, 7) is 5.12. The second kappa shape index (κ2) is 6.21. The van der Waals surface area contributed by atoms with Crippen LogP contribution >= 0.6 is 0 Å². The van der Waals surface area contributed by atoms with Crippen molar-refractivity contribution in [1.29, 1.82) is 0 Å². The molecule has 1 rings (SSSR count). The van der Waals surface area contributed by atoms with Gasteiger partial charge < -0.3 is 15.3 Å². The van der Waals surface area contributed by atoms with Crippen LogP contribution in [0, 0.1) is 0 Å². The Morgan fingerprint density at radius 3 is 2.44 bits per heavy atom. The summed E-state index contributed by atoms with van der Waals surface area (Å²) in [5.41, 5.74) is -0.679. The van der Waals surface area contributed by atoms with Gasteiger partial charge in [0, 0.05) is 13.1 Å². The van der Waals surface area contributed by atoms with Gasteiger partial charge in [0.05, 0.1) is 0 Å². The van der Waals surface area contributed by atoms with E-state index >= 15 is 0 Å². The molecule has 0 atom stereocenters. The van der Waals surface area contributed by atoms with Crippen LogP contribution in [-0.2, 0) is 4.79 Å². The molecule has 1 heterocycles. The summed E-state index contributed by atoms with van der Waals surface area (Å²) in [6.07, 6.45) is 5.17. The molecule has 4 nitrogen and oxygen atoms in total. The predicted octanol–water partition coefficient (Wildman–Crippen LogP) is 1.32. The van der Waals surface area contributed by atoms with Gasteiger partial charge in [0.1, 0.15) is 5.54 Å². The molecule has 0 unspecified atom stereocenters. The molecule has 0 amide bonds. The fraction of sp³-hybridized carbons (Fsp3) is 0.917. The minimum atomic E-state index is -0.705. The predicted molar refractivity (Wildman–Crippen MR) is 64.6 cm³/mol. The van der Waals surface area contributed by atoms with E-state index in [9.17, 15) is 9.90 Å². The number of hydrogen-bond donors (Lipinski definition) is 2. The van der Waals surface area contributed by atoms with Crippen LogP contribution in [-0.4, -0.2) is 48.2 Å². The maximum Gasteiger partial charge on any atom is 0.323 e. The molecule has 1 aliphatic heterocycles. The van der Waals surface area contributed by atoms with Crippen molar-refractivity contribution < 1.29 is 9.90 Å². The second-order valence-electron chi connectivity index (χ2n) is 4.69. The van der Waals surface area contributed by atoms with Crippen LogP contribution in [0.5, 0.6) is 0 Å². The van der Waals surface area contributed by atoms with Crippen molar-refractivity contribution in [1.82, 2.24) is 10.2 Å². The number of hydrogen-bond acceptors (Lipinski definition) is 3. The highest BCUT2D eigenvalue weighted by Crippen LogP contribution is 2.22. The van der Waals surface area contributed by atoms with Gasteiger partial charge in [-0.15, -0.1) is 0 Å². The highest BCUT2D eigenvalue weighted by molar-refractivity contribution is 5.78. The largest absolute Gasteiger partial charge is 0.480 e. The summed E-state index contributed by atoms with van der Waals surface area (Å²) in [4.78, 5) is 13.6. The average Bonchev–Trinajstić information content (AvgIpc) is 2.30. The van der Waals surface area contributed by atoms with Gasteiger partial charge in [-0.2, -0.15) is 0 Å². The van der Waals surface area contributed by atoms with Crippen LogP contribution in [0.15, 0.2) is 0 Å². The number of carboxylic acids is 1. The van der Waals surface area contributed by atoms with Gasteiger partial charge in [-0.1, -0.05) is 19.8 Å². The third kappa shape index (κ3) is 3.19. The topological polar surface area (TPSA) is 52.6 Å². The Morgan fingerprint density at radius 1 is 1.38 bits per heavy atom. The minimum absolute atomic E-state index is 0.679. The first kappa shape index (κ1) is 13.5. The Bertz CT molecular complexity index is 223. The number of piperidine rings is 1. The third-order valence-corrected chi connectivity index (χ3v) is 3.68. The highest BCUT2D eigenvalue weighted by Gasteiger charge is 2.39. The third-order valence-electron chi connectivity index (χ3n) is 3.68. The number of carbonyl (C=O) groups is 1. The summed E-state index contributed by atoms with van der Waals surface area (Å²) >= 11 is 0. The van der Waals surface area contributed by atoms with Gasteiger partial charge in [-0.3, -0.25) is 4.79 Å². The molecule has 0 radical (unpaired) electrons. The van der Waals surface area contributed by atoms with E-state index < -0.39 is 11.5 Å². The van der Waals surface area contributed by atoms with Gasteiger partial charge in [0.2, 0.25) is 0 Å². The fourth-order valence-electron chi connectivity index (χ4n) is 2.31. The van der Waals surface area contributed by atoms with Crippen molar-refractivity contribution in [2.24, 2.45) is 0 Å². The van der Waals surface area contributed by atoms with Crippen LogP contribution in [0.2, 0.25) is 0 Å². The zero-order valence-electron chi connectivity index (χ0n) is 10.5. The molecule has 1 saturated heterocycles. The monoisotopic (exact) mass is 228 g/mol. The number of nitrogens with one attached hydrogen (secondary N) is 1. The smallest absolute Gasteiger partial charge is 0.323 e. The first-order valence-electron chi connectivity index (χ1n) is 6.29. The number of likely N-dealkylation sites (N-methyl/N-ethyl adjacent to an activating group) is 1. The van der Waals surface area contributed by atoms with E-state index in [1.54, 1.807) is 7.05 Å². The lowest BCUT2D eigenvalue weighted by atomic mass is 9.87. The van der Waals surface area contributed by atoms with Gasteiger partial charge in [0.15, 0.2) is 0 Å². The zero-order chi connectivity index (χ0) is 12.0. The molecule has 0 aromatic rings. The lowest BCUT2D eigenvalue weighted by molar-refractivity contribution is -0.146. The number of likely N-dealkylation sites (tertiary alicyclic amines) is 1. The lowest BCUT2D eigenvalue weighted by Gasteiger charge is -2.38. The molecule has 0 aromatic carbocycles. The molecule has 0 spiro atoms. The molecule has 1 aliphatic rings. The molecule has 0 aliphatic carbocycles. The summed E-state index contributed by atoms with van der Waals surface area (Å²) in [5.74, 6) is -0.705. The molecule has 94 valence electrons. The van der Waals surface area contributed by atoms with Gasteiger partial charge in [0.25, 0.3) is 0 Å². The van der Waals surface area contributed by atoms with Crippen molar-refractivity contribution in [2.75, 3.05) is 26.7 Å². The Hall–Kier alpha value is -0.610. The molecule has 1 fully saturated rings. The van der Waals surface area contributed by atoms with Crippen LogP contribution in [0.4, 0.5) is 0 Å². The van der Waals surface area contributed by atoms with Crippen molar-refractivity contribution in [2.45, 2.75) is 44.6 Å². The standard InChI is InChI=1S/C12H24N2O2/c1-3-4-5-8-14-9-6-12(13-2,7-10-14)11(15)16/h13H,3-10H2,1-2H3,(H,15,16). The van der Waals surface area contributed by atoms with Crippen LogP contribution < -0.4 is 5.32 Å². The van der Waals surface area contributed by atoms with E-state index in [0.29, 0.717) is 12.8 Å². The Kier molecular flexibility index (Phi) is 5.22. The SMILES string of the molecule is CCCCCN1CCC(NC)(C(=O)O)CC1. The van der Waals surface area contributed by atoms with E-state index in [0.717, 1.165) is 19.6 Å². The van der Waals surface area contributed by atoms with E-state index in [1.165, 1.54) is 19.3 Å². The Labute approximate surface area is 98.0 Å². The van der Waals surface area contributed by atoms with Crippen LogP contribution in [0.3, 0.4) is 0 Å². The molecule has 0 saturated carbocycles.